The number of hydrogen-bond donors (Lipinski definition) is 2. The third-order valence-electron chi connectivity index (χ3n) is 2.19. The van der Waals surface area contributed by atoms with Crippen molar-refractivity contribution in [3.8, 4) is 0 Å². The van der Waals surface area contributed by atoms with Gasteiger partial charge in [-0.1, -0.05) is 0 Å². The summed E-state index contributed by atoms with van der Waals surface area (Å²) >= 11 is 1.54. The van der Waals surface area contributed by atoms with Gasteiger partial charge in [0, 0.05) is 23.2 Å². The van der Waals surface area contributed by atoms with Crippen molar-refractivity contribution < 1.29 is 8.78 Å². The maximum atomic E-state index is 13.0. The molecule has 0 atom stereocenters. The van der Waals surface area contributed by atoms with Crippen molar-refractivity contribution in [3.05, 3.63) is 39.8 Å². The molecule has 0 aliphatic carbocycles. The lowest BCUT2D eigenvalue weighted by atomic mass is 10.2. The van der Waals surface area contributed by atoms with Crippen LogP contribution in [0.3, 0.4) is 0 Å². The molecular formula is C11H11F2N3S. The predicted octanol–water partition coefficient (Wildman–Crippen LogP) is 2.92. The summed E-state index contributed by atoms with van der Waals surface area (Å²) in [5, 5.41) is 3.79. The van der Waals surface area contributed by atoms with Crippen molar-refractivity contribution in [3.63, 3.8) is 0 Å². The van der Waals surface area contributed by atoms with Crippen molar-refractivity contribution in [1.82, 2.24) is 4.98 Å². The summed E-state index contributed by atoms with van der Waals surface area (Å²) in [6.07, 6.45) is 1.76. The Balaban J connectivity index is 2.11. The highest BCUT2D eigenvalue weighted by atomic mass is 32.1. The van der Waals surface area contributed by atoms with Gasteiger partial charge in [0.1, 0.15) is 5.01 Å². The standard InChI is InChI=1S/C11H11F2N3S/c1-6-4-16-11(17-6)5-15-10-3-8(13)7(12)2-9(10)14/h2-4,15H,5,14H2,1H3. The molecule has 3 nitrogen and oxygen atoms in total. The molecule has 1 aromatic carbocycles. The third-order valence-corrected chi connectivity index (χ3v) is 3.10. The van der Waals surface area contributed by atoms with Crippen molar-refractivity contribution in [2.75, 3.05) is 11.1 Å². The minimum Gasteiger partial charge on any atom is -0.397 e. The highest BCUT2D eigenvalue weighted by molar-refractivity contribution is 7.11. The number of aromatic nitrogens is 1. The van der Waals surface area contributed by atoms with Crippen LogP contribution in [0.2, 0.25) is 0 Å². The van der Waals surface area contributed by atoms with Crippen LogP contribution in [0.25, 0.3) is 0 Å². The zero-order valence-corrected chi connectivity index (χ0v) is 9.94. The normalized spacial score (nSPS) is 10.5. The molecule has 2 rings (SSSR count). The van der Waals surface area contributed by atoms with E-state index in [0.717, 1.165) is 22.0 Å². The van der Waals surface area contributed by atoms with Gasteiger partial charge in [0.25, 0.3) is 0 Å². The van der Waals surface area contributed by atoms with Crippen LogP contribution in [0.4, 0.5) is 20.2 Å². The lowest BCUT2D eigenvalue weighted by Crippen LogP contribution is -2.03. The van der Waals surface area contributed by atoms with E-state index in [1.54, 1.807) is 6.20 Å². The number of thiazole rings is 1. The van der Waals surface area contributed by atoms with Gasteiger partial charge in [-0.2, -0.15) is 0 Å². The predicted molar refractivity (Wildman–Crippen MR) is 64.9 cm³/mol. The van der Waals surface area contributed by atoms with Crippen LogP contribution in [0.1, 0.15) is 9.88 Å². The first-order chi connectivity index (χ1) is 8.06. The number of benzene rings is 1. The highest BCUT2D eigenvalue weighted by Crippen LogP contribution is 2.23. The number of aryl methyl sites for hydroxylation is 1. The second kappa shape index (κ2) is 4.67. The fourth-order valence-corrected chi connectivity index (χ4v) is 2.10. The Morgan fingerprint density at radius 2 is 2.06 bits per heavy atom. The molecule has 0 saturated heterocycles. The Kier molecular flexibility index (Phi) is 3.23. The smallest absolute Gasteiger partial charge is 0.161 e. The number of rotatable bonds is 3. The van der Waals surface area contributed by atoms with E-state index < -0.39 is 11.6 Å². The highest BCUT2D eigenvalue weighted by Gasteiger charge is 2.07. The van der Waals surface area contributed by atoms with E-state index in [-0.39, 0.29) is 5.69 Å². The van der Waals surface area contributed by atoms with Crippen molar-refractivity contribution >= 4 is 22.7 Å². The fraction of sp³-hybridized carbons (Fsp3) is 0.182. The molecule has 0 fully saturated rings. The summed E-state index contributed by atoms with van der Waals surface area (Å²) in [6, 6.07) is 2.01. The van der Waals surface area contributed by atoms with Crippen LogP contribution in [-0.2, 0) is 6.54 Å². The van der Waals surface area contributed by atoms with Crippen LogP contribution >= 0.6 is 11.3 Å². The lowest BCUT2D eigenvalue weighted by molar-refractivity contribution is 0.509. The lowest BCUT2D eigenvalue weighted by Gasteiger charge is -2.08. The van der Waals surface area contributed by atoms with Gasteiger partial charge in [0.05, 0.1) is 17.9 Å². The molecule has 3 N–H and O–H groups in total. The Morgan fingerprint density at radius 1 is 1.35 bits per heavy atom. The van der Waals surface area contributed by atoms with Crippen molar-refractivity contribution in [2.45, 2.75) is 13.5 Å². The minimum atomic E-state index is -0.946. The molecule has 0 unspecified atom stereocenters. The van der Waals surface area contributed by atoms with E-state index in [1.807, 2.05) is 6.92 Å². The van der Waals surface area contributed by atoms with Crippen LogP contribution in [0.15, 0.2) is 18.3 Å². The Hall–Kier alpha value is -1.69. The van der Waals surface area contributed by atoms with Gasteiger partial charge in [-0.15, -0.1) is 11.3 Å². The van der Waals surface area contributed by atoms with Gasteiger partial charge >= 0.3 is 0 Å². The third kappa shape index (κ3) is 2.71. The summed E-state index contributed by atoms with van der Waals surface area (Å²) in [4.78, 5) is 5.25. The summed E-state index contributed by atoms with van der Waals surface area (Å²) in [7, 11) is 0. The van der Waals surface area contributed by atoms with E-state index in [1.165, 1.54) is 11.3 Å². The second-order valence-corrected chi connectivity index (χ2v) is 4.89. The molecule has 0 bridgehead atoms. The number of nitrogens with two attached hydrogens (primary N) is 1. The largest absolute Gasteiger partial charge is 0.397 e. The molecule has 2 aromatic rings. The Bertz CT molecular complexity index is 540. The summed E-state index contributed by atoms with van der Waals surface area (Å²) in [5.74, 6) is -1.87. The summed E-state index contributed by atoms with van der Waals surface area (Å²) in [6.45, 7) is 2.39. The van der Waals surface area contributed by atoms with E-state index in [9.17, 15) is 8.78 Å². The molecule has 0 aliphatic heterocycles. The van der Waals surface area contributed by atoms with Gasteiger partial charge in [0.15, 0.2) is 11.6 Å². The van der Waals surface area contributed by atoms with Gasteiger partial charge in [-0.25, -0.2) is 13.8 Å². The summed E-state index contributed by atoms with van der Waals surface area (Å²) in [5.41, 5.74) is 6.12. The molecule has 6 heteroatoms. The zero-order chi connectivity index (χ0) is 12.4. The first-order valence-corrected chi connectivity index (χ1v) is 5.77. The van der Waals surface area contributed by atoms with E-state index in [4.69, 9.17) is 5.73 Å². The SMILES string of the molecule is Cc1cnc(CNc2cc(F)c(F)cc2N)s1. The molecule has 1 aromatic heterocycles. The Morgan fingerprint density at radius 3 is 2.71 bits per heavy atom. The maximum Gasteiger partial charge on any atom is 0.161 e. The molecule has 1 heterocycles. The number of anilines is 2. The average molecular weight is 255 g/mol. The number of halogens is 2. The monoisotopic (exact) mass is 255 g/mol. The molecule has 90 valence electrons. The van der Waals surface area contributed by atoms with Gasteiger partial charge in [-0.3, -0.25) is 0 Å². The molecule has 0 saturated carbocycles. The van der Waals surface area contributed by atoms with Crippen LogP contribution in [0.5, 0.6) is 0 Å². The second-order valence-electron chi connectivity index (χ2n) is 3.57. The minimum absolute atomic E-state index is 0.178. The molecule has 0 spiro atoms. The topological polar surface area (TPSA) is 50.9 Å². The van der Waals surface area contributed by atoms with Crippen LogP contribution in [0, 0.1) is 18.6 Å². The number of nitrogens with zero attached hydrogens (tertiary/aromatic N) is 1. The number of nitrogens with one attached hydrogen (secondary N) is 1. The molecular weight excluding hydrogens is 244 g/mol. The summed E-state index contributed by atoms with van der Waals surface area (Å²) < 4.78 is 25.8. The van der Waals surface area contributed by atoms with Crippen molar-refractivity contribution in [2.24, 2.45) is 0 Å². The fourth-order valence-electron chi connectivity index (χ4n) is 1.37. The zero-order valence-electron chi connectivity index (χ0n) is 9.13. The first kappa shape index (κ1) is 11.8. The van der Waals surface area contributed by atoms with E-state index in [2.05, 4.69) is 10.3 Å². The first-order valence-electron chi connectivity index (χ1n) is 4.96. The quantitative estimate of drug-likeness (QED) is 0.829. The molecule has 0 aliphatic rings. The van der Waals surface area contributed by atoms with Gasteiger partial charge in [-0.05, 0) is 6.92 Å². The van der Waals surface area contributed by atoms with Gasteiger partial charge < -0.3 is 11.1 Å². The molecule has 17 heavy (non-hydrogen) atoms. The molecule has 0 amide bonds. The van der Waals surface area contributed by atoms with Crippen molar-refractivity contribution in [1.29, 1.82) is 0 Å². The van der Waals surface area contributed by atoms with E-state index >= 15 is 0 Å². The molecule has 0 radical (unpaired) electrons. The number of nitrogen functional groups attached to an aromatic ring is 1. The average Bonchev–Trinajstić information content (AvgIpc) is 2.68. The van der Waals surface area contributed by atoms with E-state index in [0.29, 0.717) is 12.2 Å². The van der Waals surface area contributed by atoms with Gasteiger partial charge in [0.2, 0.25) is 0 Å². The van der Waals surface area contributed by atoms with Crippen LogP contribution < -0.4 is 11.1 Å². The van der Waals surface area contributed by atoms with Crippen LogP contribution in [-0.4, -0.2) is 4.98 Å². The number of hydrogen-bond acceptors (Lipinski definition) is 4. The maximum absolute atomic E-state index is 13.0. The Labute approximate surface area is 101 Å².